The molecule has 0 spiro atoms. The van der Waals surface area contributed by atoms with Crippen LogP contribution >= 0.6 is 0 Å². The van der Waals surface area contributed by atoms with Crippen molar-refractivity contribution in [2.24, 2.45) is 5.14 Å². The van der Waals surface area contributed by atoms with Gasteiger partial charge in [0, 0.05) is 20.3 Å². The van der Waals surface area contributed by atoms with Crippen LogP contribution in [0.15, 0.2) is 23.1 Å². The summed E-state index contributed by atoms with van der Waals surface area (Å²) in [6, 6.07) is 4.52. The molecule has 20 heavy (non-hydrogen) atoms. The molecule has 1 aromatic carbocycles. The predicted octanol–water partition coefficient (Wildman–Crippen LogP) is 1.07. The van der Waals surface area contributed by atoms with Crippen LogP contribution in [0.4, 0.5) is 0 Å². The summed E-state index contributed by atoms with van der Waals surface area (Å²) < 4.78 is 38.2. The third-order valence-electron chi connectivity index (χ3n) is 2.60. The maximum Gasteiger partial charge on any atom is 0.238 e. The number of benzene rings is 1. The van der Waals surface area contributed by atoms with Crippen molar-refractivity contribution in [2.75, 3.05) is 33.5 Å². The quantitative estimate of drug-likeness (QED) is 0.690. The molecule has 0 unspecified atom stereocenters. The summed E-state index contributed by atoms with van der Waals surface area (Å²) in [5, 5.41) is 5.06. The molecule has 0 saturated carbocycles. The fourth-order valence-corrected chi connectivity index (χ4v) is 2.18. The molecule has 6 nitrogen and oxygen atoms in total. The zero-order valence-electron chi connectivity index (χ0n) is 11.8. The first-order valence-corrected chi connectivity index (χ1v) is 7.82. The Morgan fingerprint density at radius 3 is 2.50 bits per heavy atom. The van der Waals surface area contributed by atoms with E-state index in [1.165, 1.54) is 12.1 Å². The first-order chi connectivity index (χ1) is 9.45. The molecule has 0 fully saturated rings. The van der Waals surface area contributed by atoms with Gasteiger partial charge in [0.1, 0.15) is 12.4 Å². The molecule has 0 heterocycles. The van der Waals surface area contributed by atoms with E-state index in [0.29, 0.717) is 32.2 Å². The molecule has 1 aromatic rings. The fraction of sp³-hybridized carbons (Fsp3) is 0.538. The Hall–Kier alpha value is -1.15. The summed E-state index contributed by atoms with van der Waals surface area (Å²) in [5.41, 5.74) is 0.718. The van der Waals surface area contributed by atoms with Gasteiger partial charge in [-0.1, -0.05) is 0 Å². The normalized spacial score (nSPS) is 11.6. The van der Waals surface area contributed by atoms with Crippen LogP contribution in [0.25, 0.3) is 0 Å². The molecular weight excluding hydrogens is 282 g/mol. The van der Waals surface area contributed by atoms with Gasteiger partial charge in [-0.05, 0) is 37.1 Å². The Balaban J connectivity index is 2.38. The highest BCUT2D eigenvalue weighted by atomic mass is 32.2. The van der Waals surface area contributed by atoms with E-state index in [0.717, 1.165) is 12.0 Å². The van der Waals surface area contributed by atoms with Crippen LogP contribution < -0.4 is 9.88 Å². The number of ether oxygens (including phenoxy) is 3. The molecule has 0 aliphatic rings. The van der Waals surface area contributed by atoms with E-state index >= 15 is 0 Å². The van der Waals surface area contributed by atoms with E-state index in [1.807, 2.05) is 0 Å². The van der Waals surface area contributed by atoms with Crippen molar-refractivity contribution in [1.29, 1.82) is 0 Å². The lowest BCUT2D eigenvalue weighted by Crippen LogP contribution is -2.13. The maximum absolute atomic E-state index is 11.2. The van der Waals surface area contributed by atoms with Crippen molar-refractivity contribution in [1.82, 2.24) is 0 Å². The number of hydrogen-bond donors (Lipinski definition) is 1. The lowest BCUT2D eigenvalue weighted by atomic mass is 10.2. The number of methoxy groups -OCH3 is 1. The summed E-state index contributed by atoms with van der Waals surface area (Å²) in [5.74, 6) is 0.623. The van der Waals surface area contributed by atoms with Gasteiger partial charge in [0.05, 0.1) is 11.5 Å². The maximum atomic E-state index is 11.2. The highest BCUT2D eigenvalue weighted by Gasteiger charge is 2.09. The molecular formula is C13H21NO5S. The zero-order valence-corrected chi connectivity index (χ0v) is 12.6. The number of hydrogen-bond acceptors (Lipinski definition) is 5. The van der Waals surface area contributed by atoms with Crippen molar-refractivity contribution in [3.63, 3.8) is 0 Å². The Bertz CT molecular complexity index is 515. The first-order valence-electron chi connectivity index (χ1n) is 6.28. The second-order valence-corrected chi connectivity index (χ2v) is 5.84. The van der Waals surface area contributed by atoms with Gasteiger partial charge < -0.3 is 14.2 Å². The smallest absolute Gasteiger partial charge is 0.238 e. The van der Waals surface area contributed by atoms with Crippen LogP contribution in [-0.4, -0.2) is 42.0 Å². The third kappa shape index (κ3) is 5.87. The molecule has 0 aromatic heterocycles. The van der Waals surface area contributed by atoms with E-state index in [1.54, 1.807) is 20.1 Å². The molecule has 0 radical (unpaired) electrons. The molecule has 0 aliphatic carbocycles. The minimum Gasteiger partial charge on any atom is -0.491 e. The molecule has 0 bridgehead atoms. The summed E-state index contributed by atoms with van der Waals surface area (Å²) in [7, 11) is -2.02. The van der Waals surface area contributed by atoms with Gasteiger partial charge >= 0.3 is 0 Å². The molecule has 0 saturated heterocycles. The van der Waals surface area contributed by atoms with Gasteiger partial charge in [0.2, 0.25) is 10.0 Å². The Morgan fingerprint density at radius 1 is 1.15 bits per heavy atom. The minimum atomic E-state index is -3.67. The van der Waals surface area contributed by atoms with Crippen molar-refractivity contribution >= 4 is 10.0 Å². The van der Waals surface area contributed by atoms with E-state index in [9.17, 15) is 8.42 Å². The second kappa shape index (κ2) is 8.21. The molecule has 0 atom stereocenters. The first kappa shape index (κ1) is 16.9. The van der Waals surface area contributed by atoms with Crippen LogP contribution in [-0.2, 0) is 19.5 Å². The van der Waals surface area contributed by atoms with Crippen molar-refractivity contribution < 1.29 is 22.6 Å². The van der Waals surface area contributed by atoms with Crippen LogP contribution in [0.1, 0.15) is 12.0 Å². The Morgan fingerprint density at radius 2 is 1.90 bits per heavy atom. The largest absolute Gasteiger partial charge is 0.491 e. The van der Waals surface area contributed by atoms with E-state index in [-0.39, 0.29) is 4.90 Å². The number of aryl methyl sites for hydroxylation is 1. The minimum absolute atomic E-state index is 0.0816. The molecule has 0 amide bonds. The van der Waals surface area contributed by atoms with Crippen molar-refractivity contribution in [3.05, 3.63) is 23.8 Å². The van der Waals surface area contributed by atoms with E-state index in [4.69, 9.17) is 19.3 Å². The molecule has 114 valence electrons. The Labute approximate surface area is 119 Å². The van der Waals surface area contributed by atoms with Crippen LogP contribution in [0.3, 0.4) is 0 Å². The van der Waals surface area contributed by atoms with Crippen LogP contribution in [0.5, 0.6) is 5.75 Å². The van der Waals surface area contributed by atoms with Gasteiger partial charge in [-0.25, -0.2) is 13.6 Å². The summed E-state index contributed by atoms with van der Waals surface area (Å²) >= 11 is 0. The lowest BCUT2D eigenvalue weighted by molar-refractivity contribution is 0.0805. The van der Waals surface area contributed by atoms with Crippen LogP contribution in [0.2, 0.25) is 0 Å². The van der Waals surface area contributed by atoms with E-state index < -0.39 is 10.0 Å². The van der Waals surface area contributed by atoms with Gasteiger partial charge in [0.15, 0.2) is 0 Å². The number of sulfonamides is 1. The van der Waals surface area contributed by atoms with Crippen molar-refractivity contribution in [2.45, 2.75) is 18.2 Å². The monoisotopic (exact) mass is 303 g/mol. The molecule has 7 heteroatoms. The zero-order chi connectivity index (χ0) is 15.0. The second-order valence-electron chi connectivity index (χ2n) is 4.28. The lowest BCUT2D eigenvalue weighted by Gasteiger charge is -2.10. The van der Waals surface area contributed by atoms with Gasteiger partial charge in [-0.3, -0.25) is 0 Å². The summed E-state index contributed by atoms with van der Waals surface area (Å²) in [6.07, 6.45) is 0.846. The SMILES string of the molecule is COCCCOCCOc1ccc(S(N)(=O)=O)cc1C. The summed E-state index contributed by atoms with van der Waals surface area (Å²) in [4.78, 5) is 0.0816. The number of nitrogens with two attached hydrogens (primary N) is 1. The molecule has 0 aliphatic heterocycles. The molecule has 1 rings (SSSR count). The average Bonchev–Trinajstić information content (AvgIpc) is 2.38. The van der Waals surface area contributed by atoms with Gasteiger partial charge in [0.25, 0.3) is 0 Å². The fourth-order valence-electron chi connectivity index (χ4n) is 1.58. The number of primary sulfonamides is 1. The number of rotatable bonds is 9. The summed E-state index contributed by atoms with van der Waals surface area (Å²) in [6.45, 7) is 3.95. The topological polar surface area (TPSA) is 87.8 Å². The highest BCUT2D eigenvalue weighted by Crippen LogP contribution is 2.20. The average molecular weight is 303 g/mol. The Kier molecular flexibility index (Phi) is 6.94. The van der Waals surface area contributed by atoms with Crippen molar-refractivity contribution in [3.8, 4) is 5.75 Å². The molecule has 2 N–H and O–H groups in total. The van der Waals surface area contributed by atoms with Crippen LogP contribution in [0, 0.1) is 6.92 Å². The third-order valence-corrected chi connectivity index (χ3v) is 3.51. The van der Waals surface area contributed by atoms with E-state index in [2.05, 4.69) is 0 Å². The predicted molar refractivity (Wildman–Crippen MR) is 75.4 cm³/mol. The standard InChI is InChI=1S/C13H21NO5S/c1-11-10-12(20(14,15)16)4-5-13(11)19-9-8-18-7-3-6-17-2/h4-5,10H,3,6-9H2,1-2H3,(H2,14,15,16). The van der Waals surface area contributed by atoms with Gasteiger partial charge in [-0.2, -0.15) is 0 Å². The van der Waals surface area contributed by atoms with Gasteiger partial charge in [-0.15, -0.1) is 0 Å². The highest BCUT2D eigenvalue weighted by molar-refractivity contribution is 7.89.